The molecule has 1 aromatic heterocycles. The predicted molar refractivity (Wildman–Crippen MR) is 176 cm³/mol. The smallest absolute Gasteiger partial charge is 0.303 e. The lowest BCUT2D eigenvalue weighted by atomic mass is 10.0. The fourth-order valence-corrected chi connectivity index (χ4v) is 7.08. The lowest BCUT2D eigenvalue weighted by Crippen LogP contribution is -2.48. The van der Waals surface area contributed by atoms with E-state index in [0.717, 1.165) is 75.6 Å². The quantitative estimate of drug-likeness (QED) is 0.129. The van der Waals surface area contributed by atoms with E-state index in [1.807, 2.05) is 19.9 Å². The zero-order chi connectivity index (χ0) is 31.5. The average Bonchev–Trinajstić information content (AvgIpc) is 3.21. The molecule has 1 amide bonds. The Morgan fingerprint density at radius 3 is 2.23 bits per heavy atom. The van der Waals surface area contributed by atoms with E-state index in [0.29, 0.717) is 41.0 Å². The molecule has 3 rings (SSSR count). The van der Waals surface area contributed by atoms with Crippen molar-refractivity contribution in [3.8, 4) is 6.07 Å². The summed E-state index contributed by atoms with van der Waals surface area (Å²) in [7, 11) is 0. The number of anilines is 1. The molecular weight excluding hydrogens is 585 g/mol. The van der Waals surface area contributed by atoms with Crippen LogP contribution in [-0.4, -0.2) is 62.6 Å². The van der Waals surface area contributed by atoms with Gasteiger partial charge in [-0.15, -0.1) is 0 Å². The van der Waals surface area contributed by atoms with Gasteiger partial charge in [-0.1, -0.05) is 75.8 Å². The normalized spacial score (nSPS) is 19.8. The number of hydrogen-bond donors (Lipinski definition) is 1. The van der Waals surface area contributed by atoms with Crippen LogP contribution in [0.1, 0.15) is 108 Å². The monoisotopic (exact) mass is 630 g/mol. The summed E-state index contributed by atoms with van der Waals surface area (Å²) in [6.07, 6.45) is 11.6. The van der Waals surface area contributed by atoms with Crippen LogP contribution in [0.3, 0.4) is 0 Å². The number of carboxylic acids is 1. The number of thiocarbonyl (C=S) groups is 1. The van der Waals surface area contributed by atoms with E-state index in [1.54, 1.807) is 16.4 Å². The topological polar surface area (TPSA) is 116 Å². The number of aliphatic carboxylic acids is 1. The summed E-state index contributed by atoms with van der Waals surface area (Å²) in [4.78, 5) is 42.0. The van der Waals surface area contributed by atoms with Crippen molar-refractivity contribution in [3.05, 3.63) is 31.9 Å². The number of pyridine rings is 1. The van der Waals surface area contributed by atoms with Crippen molar-refractivity contribution in [1.82, 2.24) is 9.47 Å². The van der Waals surface area contributed by atoms with Crippen LogP contribution in [0, 0.1) is 18.3 Å². The molecule has 2 fully saturated rings. The van der Waals surface area contributed by atoms with Gasteiger partial charge < -0.3 is 14.7 Å². The van der Waals surface area contributed by atoms with Crippen LogP contribution in [0.25, 0.3) is 6.08 Å². The number of nitrogens with zero attached hydrogens (tertiary/aromatic N) is 4. The number of ether oxygens (including phenoxy) is 1. The van der Waals surface area contributed by atoms with Crippen molar-refractivity contribution < 1.29 is 19.4 Å². The van der Waals surface area contributed by atoms with Gasteiger partial charge in [-0.25, -0.2) is 0 Å². The lowest BCUT2D eigenvalue weighted by Gasteiger charge is -2.39. The molecule has 2 aliphatic rings. The first-order valence-electron chi connectivity index (χ1n) is 15.6. The van der Waals surface area contributed by atoms with Gasteiger partial charge in [0.1, 0.15) is 21.8 Å². The van der Waals surface area contributed by atoms with E-state index < -0.39 is 5.97 Å². The SMILES string of the molecule is CCCCn1c(N2CC(C)OC(C)C2)c(/C=C2/SC(=S)N(CCCCCCCCCCC(=O)O)C2=O)c(C)c(C#N)c1=O. The van der Waals surface area contributed by atoms with E-state index in [9.17, 15) is 19.6 Å². The van der Waals surface area contributed by atoms with Gasteiger partial charge in [-0.3, -0.25) is 23.9 Å². The fourth-order valence-electron chi connectivity index (χ4n) is 5.79. The molecule has 0 spiro atoms. The van der Waals surface area contributed by atoms with Gasteiger partial charge in [0.2, 0.25) is 0 Å². The molecule has 11 heteroatoms. The fraction of sp³-hybridized carbons (Fsp3) is 0.656. The Kier molecular flexibility index (Phi) is 13.7. The Labute approximate surface area is 265 Å². The van der Waals surface area contributed by atoms with Gasteiger partial charge in [0.25, 0.3) is 11.5 Å². The van der Waals surface area contributed by atoms with Crippen LogP contribution in [0.2, 0.25) is 0 Å². The highest BCUT2D eigenvalue weighted by Crippen LogP contribution is 2.36. The van der Waals surface area contributed by atoms with Crippen molar-refractivity contribution >= 4 is 52.1 Å². The summed E-state index contributed by atoms with van der Waals surface area (Å²) in [5.41, 5.74) is 1.12. The number of carbonyl (C=O) groups is 2. The van der Waals surface area contributed by atoms with Gasteiger partial charge in [0.05, 0.1) is 17.1 Å². The molecule has 1 N–H and O–H groups in total. The first-order valence-corrected chi connectivity index (χ1v) is 16.9. The maximum Gasteiger partial charge on any atom is 0.303 e. The van der Waals surface area contributed by atoms with Crippen molar-refractivity contribution in [3.63, 3.8) is 0 Å². The minimum Gasteiger partial charge on any atom is -0.481 e. The van der Waals surface area contributed by atoms with E-state index in [4.69, 9.17) is 22.1 Å². The van der Waals surface area contributed by atoms with Crippen LogP contribution in [-0.2, 0) is 20.9 Å². The Morgan fingerprint density at radius 2 is 1.65 bits per heavy atom. The van der Waals surface area contributed by atoms with Gasteiger partial charge in [-0.2, -0.15) is 5.26 Å². The first kappa shape index (κ1) is 34.8. The molecule has 0 aliphatic carbocycles. The third-order valence-electron chi connectivity index (χ3n) is 7.97. The van der Waals surface area contributed by atoms with Crippen LogP contribution >= 0.6 is 24.0 Å². The second-order valence-corrected chi connectivity index (χ2v) is 13.3. The number of morpholine rings is 1. The molecule has 2 aliphatic heterocycles. The predicted octanol–water partition coefficient (Wildman–Crippen LogP) is 6.24. The first-order chi connectivity index (χ1) is 20.6. The van der Waals surface area contributed by atoms with Crippen LogP contribution in [0.4, 0.5) is 5.82 Å². The molecule has 9 nitrogen and oxygen atoms in total. The zero-order valence-corrected chi connectivity index (χ0v) is 27.7. The van der Waals surface area contributed by atoms with E-state index in [1.165, 1.54) is 11.8 Å². The zero-order valence-electron chi connectivity index (χ0n) is 26.0. The minimum atomic E-state index is -0.731. The highest BCUT2D eigenvalue weighted by molar-refractivity contribution is 8.26. The molecule has 2 unspecified atom stereocenters. The van der Waals surface area contributed by atoms with Gasteiger partial charge in [0.15, 0.2) is 0 Å². The van der Waals surface area contributed by atoms with E-state index in [-0.39, 0.29) is 35.7 Å². The number of thioether (sulfide) groups is 1. The number of unbranched alkanes of at least 4 members (excludes halogenated alkanes) is 8. The van der Waals surface area contributed by atoms with Gasteiger partial charge in [-0.05, 0) is 51.7 Å². The number of rotatable bonds is 16. The Hall–Kier alpha value is -2.68. The second-order valence-electron chi connectivity index (χ2n) is 11.6. The third-order valence-corrected chi connectivity index (χ3v) is 9.35. The van der Waals surface area contributed by atoms with Crippen molar-refractivity contribution in [1.29, 1.82) is 5.26 Å². The molecule has 3 heterocycles. The standard InChI is InChI=1S/C32H46N4O5S2/c1-5-6-16-35-29(34-20-22(2)41-23(3)21-34)25(24(4)26(19-33)30(35)39)18-27-31(40)36(32(42)43-27)17-14-12-10-8-7-9-11-13-15-28(37)38/h18,22-23H,5-17,20-21H2,1-4H3,(H,37,38)/b27-18+. The van der Waals surface area contributed by atoms with Crippen molar-refractivity contribution in [2.24, 2.45) is 0 Å². The van der Waals surface area contributed by atoms with Crippen molar-refractivity contribution in [2.45, 2.75) is 117 Å². The summed E-state index contributed by atoms with van der Waals surface area (Å²) < 4.78 is 8.23. The summed E-state index contributed by atoms with van der Waals surface area (Å²) in [5.74, 6) is -0.122. The summed E-state index contributed by atoms with van der Waals surface area (Å²) >= 11 is 6.89. The van der Waals surface area contributed by atoms with Crippen LogP contribution in [0.5, 0.6) is 0 Å². The van der Waals surface area contributed by atoms with Gasteiger partial charge >= 0.3 is 5.97 Å². The number of hydrogen-bond acceptors (Lipinski definition) is 8. The molecule has 2 atom stereocenters. The Bertz CT molecular complexity index is 1290. The summed E-state index contributed by atoms with van der Waals surface area (Å²) in [6.45, 7) is 10.1. The number of amides is 1. The van der Waals surface area contributed by atoms with Crippen molar-refractivity contribution in [2.75, 3.05) is 24.5 Å². The highest BCUT2D eigenvalue weighted by Gasteiger charge is 2.34. The number of aromatic nitrogens is 1. The third kappa shape index (κ3) is 9.40. The molecule has 0 saturated carbocycles. The number of nitriles is 1. The molecular formula is C32H46N4O5S2. The van der Waals surface area contributed by atoms with Gasteiger partial charge in [0, 0.05) is 38.2 Å². The lowest BCUT2D eigenvalue weighted by molar-refractivity contribution is -0.137. The largest absolute Gasteiger partial charge is 0.481 e. The molecule has 0 bridgehead atoms. The Balaban J connectivity index is 1.78. The molecule has 1 aromatic rings. The highest BCUT2D eigenvalue weighted by atomic mass is 32.2. The number of carboxylic acid groups (broad SMARTS) is 1. The molecule has 0 aromatic carbocycles. The average molecular weight is 631 g/mol. The Morgan fingerprint density at radius 1 is 1.05 bits per heavy atom. The van der Waals surface area contributed by atoms with Crippen LogP contribution < -0.4 is 10.5 Å². The molecule has 2 saturated heterocycles. The van der Waals surface area contributed by atoms with E-state index in [2.05, 4.69) is 17.9 Å². The number of carbonyl (C=O) groups excluding carboxylic acids is 1. The maximum atomic E-state index is 13.6. The van der Waals surface area contributed by atoms with Crippen LogP contribution in [0.15, 0.2) is 9.70 Å². The molecule has 0 radical (unpaired) electrons. The summed E-state index contributed by atoms with van der Waals surface area (Å²) in [6, 6.07) is 2.13. The molecule has 236 valence electrons. The molecule has 43 heavy (non-hydrogen) atoms. The van der Waals surface area contributed by atoms with E-state index >= 15 is 0 Å². The summed E-state index contributed by atoms with van der Waals surface area (Å²) in [5, 5.41) is 18.7. The minimum absolute atomic E-state index is 0.0302. The second kappa shape index (κ2) is 17.0. The maximum absolute atomic E-state index is 13.6.